The predicted molar refractivity (Wildman–Crippen MR) is 114 cm³/mol. The minimum atomic E-state index is -0.200. The quantitative estimate of drug-likeness (QED) is 0.454. The summed E-state index contributed by atoms with van der Waals surface area (Å²) in [6.45, 7) is 6.42. The lowest BCUT2D eigenvalue weighted by atomic mass is 10.2. The number of hydroxylamine groups is 1. The third kappa shape index (κ3) is 5.74. The van der Waals surface area contributed by atoms with E-state index in [9.17, 15) is 5.21 Å². The molecule has 0 aliphatic carbocycles. The Hall–Kier alpha value is -3.53. The first-order valence-corrected chi connectivity index (χ1v) is 9.57. The van der Waals surface area contributed by atoms with E-state index in [2.05, 4.69) is 35.6 Å². The summed E-state index contributed by atoms with van der Waals surface area (Å²) in [6, 6.07) is 7.50. The minimum absolute atomic E-state index is 0.144. The third-order valence-corrected chi connectivity index (χ3v) is 4.16. The van der Waals surface area contributed by atoms with Crippen LogP contribution in [-0.2, 0) is 13.1 Å². The van der Waals surface area contributed by atoms with Gasteiger partial charge in [-0.3, -0.25) is 15.2 Å². The zero-order valence-corrected chi connectivity index (χ0v) is 17.5. The standard InChI is InChI=1S/C20H26N8O2/c1-13(2)28(29)20-26-18(23-10-15-6-5-7-17(8-15)30-4)25-19(27-20)24-12-16-11-21-14(3)9-22-16/h5-9,11,13,29H,10,12H2,1-4H3,(H2,23,24,25,26,27). The van der Waals surface area contributed by atoms with Crippen LogP contribution in [0.15, 0.2) is 36.7 Å². The molecule has 3 aromatic rings. The van der Waals surface area contributed by atoms with Gasteiger partial charge in [-0.05, 0) is 38.5 Å². The number of benzene rings is 1. The molecule has 0 saturated heterocycles. The summed E-state index contributed by atoms with van der Waals surface area (Å²) in [4.78, 5) is 21.6. The Morgan fingerprint density at radius 1 is 1.03 bits per heavy atom. The molecule has 0 spiro atoms. The van der Waals surface area contributed by atoms with Crippen LogP contribution in [0.25, 0.3) is 0 Å². The van der Waals surface area contributed by atoms with E-state index < -0.39 is 0 Å². The van der Waals surface area contributed by atoms with Gasteiger partial charge < -0.3 is 15.4 Å². The van der Waals surface area contributed by atoms with Crippen LogP contribution in [0.5, 0.6) is 5.75 Å². The number of nitrogens with one attached hydrogen (secondary N) is 2. The molecular weight excluding hydrogens is 384 g/mol. The van der Waals surface area contributed by atoms with Crippen LogP contribution in [0.1, 0.15) is 30.8 Å². The number of aryl methyl sites for hydroxylation is 1. The Morgan fingerprint density at radius 2 is 1.77 bits per heavy atom. The highest BCUT2D eigenvalue weighted by Gasteiger charge is 2.15. The van der Waals surface area contributed by atoms with Crippen LogP contribution in [0.2, 0.25) is 0 Å². The predicted octanol–water partition coefficient (Wildman–Crippen LogP) is 2.81. The molecule has 158 valence electrons. The van der Waals surface area contributed by atoms with Crippen molar-refractivity contribution in [1.82, 2.24) is 24.9 Å². The Balaban J connectivity index is 1.77. The summed E-state index contributed by atoms with van der Waals surface area (Å²) in [5.41, 5.74) is 2.60. The second-order valence-corrected chi connectivity index (χ2v) is 6.93. The van der Waals surface area contributed by atoms with Gasteiger partial charge in [-0.25, -0.2) is 5.06 Å². The second-order valence-electron chi connectivity index (χ2n) is 6.93. The van der Waals surface area contributed by atoms with Crippen molar-refractivity contribution in [2.75, 3.05) is 22.8 Å². The van der Waals surface area contributed by atoms with Gasteiger partial charge in [-0.15, -0.1) is 0 Å². The maximum absolute atomic E-state index is 10.3. The van der Waals surface area contributed by atoms with Crippen LogP contribution in [0.4, 0.5) is 17.8 Å². The van der Waals surface area contributed by atoms with E-state index in [1.165, 1.54) is 0 Å². The van der Waals surface area contributed by atoms with Crippen LogP contribution >= 0.6 is 0 Å². The molecule has 10 heteroatoms. The number of methoxy groups -OCH3 is 1. The van der Waals surface area contributed by atoms with Crippen LogP contribution < -0.4 is 20.4 Å². The molecule has 0 radical (unpaired) electrons. The van der Waals surface area contributed by atoms with Crippen LogP contribution in [0.3, 0.4) is 0 Å². The molecule has 0 fully saturated rings. The number of hydrogen-bond donors (Lipinski definition) is 3. The summed E-state index contributed by atoms with van der Waals surface area (Å²) < 4.78 is 5.25. The molecule has 3 N–H and O–H groups in total. The molecule has 0 aliphatic rings. The lowest BCUT2D eigenvalue weighted by molar-refractivity contribution is 0.222. The highest BCUT2D eigenvalue weighted by atomic mass is 16.5. The van der Waals surface area contributed by atoms with Gasteiger partial charge >= 0.3 is 0 Å². The van der Waals surface area contributed by atoms with E-state index in [0.717, 1.165) is 27.8 Å². The van der Waals surface area contributed by atoms with E-state index in [0.29, 0.717) is 25.0 Å². The monoisotopic (exact) mass is 410 g/mol. The summed E-state index contributed by atoms with van der Waals surface area (Å²) in [7, 11) is 1.63. The Bertz CT molecular complexity index is 965. The Labute approximate surface area is 175 Å². The van der Waals surface area contributed by atoms with Gasteiger partial charge in [0.15, 0.2) is 0 Å². The van der Waals surface area contributed by atoms with Crippen molar-refractivity contribution in [1.29, 1.82) is 0 Å². The topological polar surface area (TPSA) is 121 Å². The molecule has 0 aliphatic heterocycles. The molecular formula is C20H26N8O2. The van der Waals surface area contributed by atoms with Gasteiger partial charge in [-0.2, -0.15) is 15.0 Å². The maximum Gasteiger partial charge on any atom is 0.256 e. The summed E-state index contributed by atoms with van der Waals surface area (Å²) in [5, 5.41) is 17.6. The Morgan fingerprint density at radius 3 is 2.40 bits per heavy atom. The summed E-state index contributed by atoms with van der Waals surface area (Å²) >= 11 is 0. The van der Waals surface area contributed by atoms with Gasteiger partial charge in [0.25, 0.3) is 5.95 Å². The number of hydrogen-bond acceptors (Lipinski definition) is 10. The zero-order chi connectivity index (χ0) is 21.5. The molecule has 2 heterocycles. The van der Waals surface area contributed by atoms with E-state index in [1.807, 2.05) is 45.0 Å². The van der Waals surface area contributed by atoms with Crippen molar-refractivity contribution in [3.05, 3.63) is 53.6 Å². The summed E-state index contributed by atoms with van der Waals surface area (Å²) in [5.74, 6) is 1.56. The van der Waals surface area contributed by atoms with Crippen LogP contribution in [-0.4, -0.2) is 43.3 Å². The second kappa shape index (κ2) is 9.79. The fraction of sp³-hybridized carbons (Fsp3) is 0.350. The van der Waals surface area contributed by atoms with E-state index in [-0.39, 0.29) is 12.0 Å². The lowest BCUT2D eigenvalue weighted by Gasteiger charge is -2.20. The molecule has 0 amide bonds. The van der Waals surface area contributed by atoms with Gasteiger partial charge in [-0.1, -0.05) is 12.1 Å². The van der Waals surface area contributed by atoms with Crippen molar-refractivity contribution >= 4 is 17.8 Å². The van der Waals surface area contributed by atoms with E-state index in [4.69, 9.17) is 4.74 Å². The van der Waals surface area contributed by atoms with Gasteiger partial charge in [0, 0.05) is 12.7 Å². The normalized spacial score (nSPS) is 10.7. The lowest BCUT2D eigenvalue weighted by Crippen LogP contribution is -2.29. The fourth-order valence-corrected chi connectivity index (χ4v) is 2.50. The molecule has 1 aromatic carbocycles. The van der Waals surface area contributed by atoms with Crippen molar-refractivity contribution in [3.8, 4) is 5.75 Å². The largest absolute Gasteiger partial charge is 0.497 e. The van der Waals surface area contributed by atoms with E-state index >= 15 is 0 Å². The highest BCUT2D eigenvalue weighted by molar-refractivity contribution is 5.43. The zero-order valence-electron chi connectivity index (χ0n) is 17.5. The maximum atomic E-state index is 10.3. The van der Waals surface area contributed by atoms with E-state index in [1.54, 1.807) is 19.5 Å². The van der Waals surface area contributed by atoms with Gasteiger partial charge in [0.2, 0.25) is 11.9 Å². The highest BCUT2D eigenvalue weighted by Crippen LogP contribution is 2.17. The number of aromatic nitrogens is 5. The molecule has 30 heavy (non-hydrogen) atoms. The molecule has 0 saturated carbocycles. The number of rotatable bonds is 9. The minimum Gasteiger partial charge on any atom is -0.497 e. The number of ether oxygens (including phenoxy) is 1. The first-order valence-electron chi connectivity index (χ1n) is 9.57. The SMILES string of the molecule is COc1cccc(CNc2nc(NCc3cnc(C)cn3)nc(N(O)C(C)C)n2)c1. The molecule has 0 bridgehead atoms. The molecule has 10 nitrogen and oxygen atoms in total. The molecule has 2 aromatic heterocycles. The van der Waals surface area contributed by atoms with Crippen molar-refractivity contribution < 1.29 is 9.94 Å². The first kappa shape index (κ1) is 21.2. The summed E-state index contributed by atoms with van der Waals surface area (Å²) in [6.07, 6.45) is 3.39. The number of nitrogens with zero attached hydrogens (tertiary/aromatic N) is 6. The van der Waals surface area contributed by atoms with Gasteiger partial charge in [0.05, 0.1) is 37.3 Å². The first-order chi connectivity index (χ1) is 14.4. The average molecular weight is 410 g/mol. The number of anilines is 3. The van der Waals surface area contributed by atoms with Crippen molar-refractivity contribution in [2.45, 2.75) is 39.9 Å². The fourth-order valence-electron chi connectivity index (χ4n) is 2.50. The Kier molecular flexibility index (Phi) is 6.91. The third-order valence-electron chi connectivity index (χ3n) is 4.16. The molecule has 0 unspecified atom stereocenters. The van der Waals surface area contributed by atoms with Gasteiger partial charge in [0.1, 0.15) is 5.75 Å². The average Bonchev–Trinajstić information content (AvgIpc) is 2.76. The van der Waals surface area contributed by atoms with Crippen LogP contribution in [0, 0.1) is 6.92 Å². The van der Waals surface area contributed by atoms with Crippen molar-refractivity contribution in [3.63, 3.8) is 0 Å². The molecule has 3 rings (SSSR count). The smallest absolute Gasteiger partial charge is 0.256 e. The molecule has 0 atom stereocenters. The van der Waals surface area contributed by atoms with Crippen molar-refractivity contribution in [2.24, 2.45) is 0 Å².